The van der Waals surface area contributed by atoms with E-state index < -0.39 is 111 Å². The Balaban J connectivity index is 1.19. The Kier molecular flexibility index (Phi) is 9.80. The van der Waals surface area contributed by atoms with Gasteiger partial charge in [-0.3, -0.25) is 9.59 Å². The summed E-state index contributed by atoms with van der Waals surface area (Å²) >= 11 is 0. The quantitative estimate of drug-likeness (QED) is 0.0704. The number of carbonyl (C=O) groups excluding carboxylic acids is 4. The summed E-state index contributed by atoms with van der Waals surface area (Å²) in [6, 6.07) is 1.71. The Morgan fingerprint density at radius 2 is 1.78 bits per heavy atom. The number of Topliss-reactive ketones (excluding diaryl/α,β-unsaturated/α-hetero) is 1. The van der Waals surface area contributed by atoms with Crippen LogP contribution in [0.15, 0.2) is 35.7 Å². The number of aliphatic hydroxyl groups excluding tert-OH is 1. The molecule has 0 aromatic heterocycles. The van der Waals surface area contributed by atoms with Gasteiger partial charge in [-0.1, -0.05) is 13.0 Å². The van der Waals surface area contributed by atoms with Crippen molar-refractivity contribution in [2.75, 3.05) is 19.8 Å². The molecule has 3 fully saturated rings. The van der Waals surface area contributed by atoms with Crippen LogP contribution in [0.1, 0.15) is 76.6 Å². The van der Waals surface area contributed by atoms with Gasteiger partial charge in [0.1, 0.15) is 5.83 Å². The van der Waals surface area contributed by atoms with Crippen LogP contribution in [0.25, 0.3) is 0 Å². The summed E-state index contributed by atoms with van der Waals surface area (Å²) in [4.78, 5) is 66.3. The molecule has 0 spiro atoms. The molecule has 2 unspecified atom stereocenters. The van der Waals surface area contributed by atoms with E-state index in [0.717, 1.165) is 12.1 Å². The molecular weight excluding hydrogens is 724 g/mol. The van der Waals surface area contributed by atoms with E-state index in [1.54, 1.807) is 20.8 Å². The van der Waals surface area contributed by atoms with E-state index in [-0.39, 0.29) is 62.2 Å². The molecule has 0 radical (unpaired) electrons. The van der Waals surface area contributed by atoms with Crippen LogP contribution >= 0.6 is 0 Å². The van der Waals surface area contributed by atoms with Crippen LogP contribution < -0.4 is 4.74 Å². The number of esters is 1. The van der Waals surface area contributed by atoms with E-state index >= 15 is 8.78 Å². The highest BCUT2D eigenvalue weighted by atomic mass is 19.1. The van der Waals surface area contributed by atoms with Crippen LogP contribution in [0.5, 0.6) is 17.2 Å². The highest BCUT2D eigenvalue weighted by molar-refractivity contribution is 5.94. The summed E-state index contributed by atoms with van der Waals surface area (Å²) < 4.78 is 61.3. The zero-order chi connectivity index (χ0) is 39.6. The highest BCUT2D eigenvalue weighted by Gasteiger charge is 2.80. The molecule has 18 heteroatoms. The first-order valence-electron chi connectivity index (χ1n) is 17.4. The lowest BCUT2D eigenvalue weighted by molar-refractivity contribution is -0.757. The van der Waals surface area contributed by atoms with Crippen molar-refractivity contribution in [3.63, 3.8) is 0 Å². The number of phenolic OH excluding ortho intramolecular Hbond substituents is 2. The molecule has 0 amide bonds. The summed E-state index contributed by atoms with van der Waals surface area (Å²) in [5.41, 5.74) is -7.71. The SMILES string of the molecule is CC1(C)O[C@@H]2CC3C4CC(F)=C5CC(=O)C=C[C@]5(C)[C@@]4(F)[C@@H](O)C[C@]3(C)[C@]2(C(=O)COC(=O)Oc2cc(C(=O)OCCCCO[N+](=O)[O-])cc(O)c2O)O1. The molecule has 0 bridgehead atoms. The third kappa shape index (κ3) is 6.07. The number of aliphatic hydroxyl groups is 1. The molecule has 1 aromatic carbocycles. The number of hydrogen-bond donors (Lipinski definition) is 3. The Morgan fingerprint density at radius 1 is 1.07 bits per heavy atom. The zero-order valence-corrected chi connectivity index (χ0v) is 29.9. The molecule has 1 saturated heterocycles. The Morgan fingerprint density at radius 3 is 2.48 bits per heavy atom. The summed E-state index contributed by atoms with van der Waals surface area (Å²) in [5.74, 6) is -8.68. The molecule has 3 N–H and O–H groups in total. The summed E-state index contributed by atoms with van der Waals surface area (Å²) in [5, 5.41) is 41.5. The number of nitrogens with zero attached hydrogens (tertiary/aromatic N) is 1. The number of ketones is 2. The van der Waals surface area contributed by atoms with Gasteiger partial charge in [0.05, 0.1) is 31.0 Å². The number of fused-ring (bicyclic) bond motifs is 7. The van der Waals surface area contributed by atoms with E-state index in [1.807, 2.05) is 0 Å². The highest BCUT2D eigenvalue weighted by Crippen LogP contribution is 2.72. The molecule has 1 heterocycles. The van der Waals surface area contributed by atoms with Gasteiger partial charge in [0.2, 0.25) is 11.5 Å². The lowest BCUT2D eigenvalue weighted by Crippen LogP contribution is -2.70. The fraction of sp³-hybridized carbons (Fsp3) is 0.611. The van der Waals surface area contributed by atoms with Gasteiger partial charge >= 0.3 is 12.1 Å². The van der Waals surface area contributed by atoms with E-state index in [1.165, 1.54) is 19.1 Å². The number of halogens is 2. The molecule has 1 aromatic rings. The average molecular weight is 766 g/mol. The van der Waals surface area contributed by atoms with Crippen molar-refractivity contribution in [3.8, 4) is 17.2 Å². The molecule has 5 aliphatic rings. The van der Waals surface area contributed by atoms with Gasteiger partial charge < -0.3 is 43.8 Å². The number of carbonyl (C=O) groups is 4. The Bertz CT molecular complexity index is 1850. The zero-order valence-electron chi connectivity index (χ0n) is 29.9. The molecule has 2 saturated carbocycles. The third-order valence-corrected chi connectivity index (χ3v) is 11.8. The van der Waals surface area contributed by atoms with Gasteiger partial charge in [-0.2, -0.15) is 0 Å². The van der Waals surface area contributed by atoms with Crippen molar-refractivity contribution in [1.82, 2.24) is 0 Å². The molecule has 54 heavy (non-hydrogen) atoms. The largest absolute Gasteiger partial charge is 0.514 e. The molecule has 294 valence electrons. The normalized spacial score (nSPS) is 34.6. The molecular formula is C36H41F2NO15. The summed E-state index contributed by atoms with van der Waals surface area (Å²) in [6.07, 6.45) is -2.44. The van der Waals surface area contributed by atoms with Crippen LogP contribution in [0.4, 0.5) is 13.6 Å². The maximum absolute atomic E-state index is 17.7. The van der Waals surface area contributed by atoms with Gasteiger partial charge in [-0.15, -0.1) is 10.1 Å². The molecule has 4 aliphatic carbocycles. The number of hydrogen-bond acceptors (Lipinski definition) is 15. The number of unbranched alkanes of at least 4 members (excludes halogenated alkanes) is 1. The van der Waals surface area contributed by atoms with Gasteiger partial charge in [0, 0.05) is 29.6 Å². The van der Waals surface area contributed by atoms with Crippen LogP contribution in [-0.4, -0.2) is 93.2 Å². The summed E-state index contributed by atoms with van der Waals surface area (Å²) in [7, 11) is 0. The van der Waals surface area contributed by atoms with Crippen LogP contribution in [-0.2, 0) is 33.4 Å². The first kappa shape index (κ1) is 39.0. The second kappa shape index (κ2) is 13.6. The van der Waals surface area contributed by atoms with E-state index in [9.17, 15) is 44.6 Å². The minimum atomic E-state index is -2.42. The minimum Gasteiger partial charge on any atom is -0.504 e. The molecule has 6 rings (SSSR count). The van der Waals surface area contributed by atoms with Crippen LogP contribution in [0.2, 0.25) is 0 Å². The van der Waals surface area contributed by atoms with Gasteiger partial charge in [0.15, 0.2) is 40.9 Å². The average Bonchev–Trinajstić information content (AvgIpc) is 3.50. The lowest BCUT2D eigenvalue weighted by atomic mass is 9.45. The standard InChI is InChI=1S/C36H41F2NO15/c1-32(2)53-28-15-20-21-14-23(37)22-13-19(40)7-8-33(22,3)35(21,38)26(42)16-34(20,4)36(28,54-32)27(43)17-50-31(46)52-25-12-18(11-24(41)29(25)44)30(45)49-9-5-6-10-51-39(47)48/h7-8,11-12,20-21,26,28,41-42,44H,5-6,9-10,13-17H2,1-4H3/t20?,21?,26-,28+,33-,34-,35-,36+/m0/s1. The van der Waals surface area contributed by atoms with Gasteiger partial charge in [0.25, 0.3) is 5.09 Å². The van der Waals surface area contributed by atoms with E-state index in [0.29, 0.717) is 0 Å². The van der Waals surface area contributed by atoms with Gasteiger partial charge in [-0.25, -0.2) is 18.4 Å². The third-order valence-electron chi connectivity index (χ3n) is 11.8. The van der Waals surface area contributed by atoms with Gasteiger partial charge in [-0.05, 0) is 76.2 Å². The number of rotatable bonds is 11. The number of alkyl halides is 1. The predicted molar refractivity (Wildman–Crippen MR) is 176 cm³/mol. The van der Waals surface area contributed by atoms with Crippen molar-refractivity contribution >= 4 is 23.7 Å². The van der Waals surface area contributed by atoms with Crippen LogP contribution in [0.3, 0.4) is 0 Å². The topological polar surface area (TPSA) is 227 Å². The maximum Gasteiger partial charge on any atom is 0.514 e. The van der Waals surface area contributed by atoms with Crippen molar-refractivity contribution < 1.29 is 76.9 Å². The Labute approximate surface area is 307 Å². The first-order valence-corrected chi connectivity index (χ1v) is 17.4. The van der Waals surface area contributed by atoms with Crippen molar-refractivity contribution in [1.29, 1.82) is 0 Å². The van der Waals surface area contributed by atoms with Crippen molar-refractivity contribution in [2.45, 2.75) is 95.5 Å². The smallest absolute Gasteiger partial charge is 0.504 e. The second-order valence-corrected chi connectivity index (χ2v) is 15.3. The minimum absolute atomic E-state index is 0.0133. The van der Waals surface area contributed by atoms with E-state index in [4.69, 9.17) is 23.7 Å². The number of ether oxygens (including phenoxy) is 5. The number of aromatic hydroxyl groups is 2. The molecule has 16 nitrogen and oxygen atoms in total. The second-order valence-electron chi connectivity index (χ2n) is 15.3. The summed E-state index contributed by atoms with van der Waals surface area (Å²) in [6.45, 7) is 4.83. The van der Waals surface area contributed by atoms with Crippen LogP contribution in [0, 0.1) is 32.8 Å². The number of benzene rings is 1. The Hall–Kier alpha value is -4.68. The first-order chi connectivity index (χ1) is 25.2. The lowest BCUT2D eigenvalue weighted by Gasteiger charge is -2.62. The maximum atomic E-state index is 17.7. The fourth-order valence-corrected chi connectivity index (χ4v) is 9.51. The fourth-order valence-electron chi connectivity index (χ4n) is 9.51. The number of allylic oxidation sites excluding steroid dienone is 4. The van der Waals surface area contributed by atoms with E-state index in [2.05, 4.69) is 4.84 Å². The van der Waals surface area contributed by atoms with Crippen molar-refractivity contribution in [2.24, 2.45) is 22.7 Å². The predicted octanol–water partition coefficient (Wildman–Crippen LogP) is 4.50. The molecule has 1 aliphatic heterocycles. The number of phenols is 2. The van der Waals surface area contributed by atoms with Crippen molar-refractivity contribution in [3.05, 3.63) is 51.4 Å². The monoisotopic (exact) mass is 765 g/mol. The molecule has 8 atom stereocenters.